The van der Waals surface area contributed by atoms with Crippen LogP contribution < -0.4 is 0 Å². The van der Waals surface area contributed by atoms with Crippen molar-refractivity contribution in [3.63, 3.8) is 0 Å². The molecule has 4 aromatic heterocycles. The largest absolute Gasteiger partial charge is 0.249 e. The maximum absolute atomic E-state index is 14.9. The van der Waals surface area contributed by atoms with Crippen molar-refractivity contribution in [2.75, 3.05) is 0 Å². The molecular weight excluding hydrogens is 861 g/mol. The first kappa shape index (κ1) is 41.5. The lowest BCUT2D eigenvalue weighted by Gasteiger charge is -2.24. The van der Waals surface area contributed by atoms with Crippen molar-refractivity contribution >= 4 is 63.7 Å². The molecule has 1 aliphatic rings. The molecule has 0 spiro atoms. The normalized spacial score (nSPS) is 14.1. The molecule has 324 valence electrons. The maximum atomic E-state index is 14.9. The summed E-state index contributed by atoms with van der Waals surface area (Å²) in [7, 11) is -8.24. The maximum Gasteiger partial charge on any atom is 0.243 e. The summed E-state index contributed by atoms with van der Waals surface area (Å²) in [5.41, 5.74) is 9.73. The van der Waals surface area contributed by atoms with Crippen molar-refractivity contribution < 1.29 is 16.8 Å². The molecule has 0 amide bonds. The predicted octanol–water partition coefficient (Wildman–Crippen LogP) is 10.9. The van der Waals surface area contributed by atoms with Gasteiger partial charge in [0.1, 0.15) is 0 Å². The molecule has 0 unspecified atom stereocenters. The fraction of sp³-hybridized carbons (Fsp3) is 0.111. The van der Waals surface area contributed by atoms with Gasteiger partial charge in [-0.25, -0.2) is 36.8 Å². The summed E-state index contributed by atoms with van der Waals surface area (Å²) < 4.78 is 62.6. The molecule has 66 heavy (non-hydrogen) atoms. The third-order valence-corrected chi connectivity index (χ3v) is 16.0. The first-order chi connectivity index (χ1) is 32.0. The first-order valence-corrected chi connectivity index (χ1v) is 24.5. The van der Waals surface area contributed by atoms with E-state index in [9.17, 15) is 16.8 Å². The average Bonchev–Trinajstić information content (AvgIpc) is 3.33. The van der Waals surface area contributed by atoms with Gasteiger partial charge in [-0.3, -0.25) is 0 Å². The van der Waals surface area contributed by atoms with Gasteiger partial charge in [0.15, 0.2) is 0 Å². The molecule has 10 aromatic rings. The highest BCUT2D eigenvalue weighted by molar-refractivity contribution is 7.89. The molecule has 12 heteroatoms. The van der Waals surface area contributed by atoms with E-state index in [2.05, 4.69) is 0 Å². The summed E-state index contributed by atoms with van der Waals surface area (Å²) in [6.07, 6.45) is 0. The van der Waals surface area contributed by atoms with Crippen LogP contribution in [0.15, 0.2) is 180 Å². The minimum atomic E-state index is -4.12. The van der Waals surface area contributed by atoms with E-state index in [-0.39, 0.29) is 36.0 Å². The molecule has 6 aromatic carbocycles. The lowest BCUT2D eigenvalue weighted by molar-refractivity contribution is 0.393. The van der Waals surface area contributed by atoms with Crippen molar-refractivity contribution in [3.05, 3.63) is 204 Å². The van der Waals surface area contributed by atoms with Gasteiger partial charge in [0.2, 0.25) is 20.0 Å². The molecule has 0 radical (unpaired) electrons. The van der Waals surface area contributed by atoms with Gasteiger partial charge in [-0.2, -0.15) is 8.61 Å². The zero-order valence-electron chi connectivity index (χ0n) is 36.1. The second-order valence-corrected chi connectivity index (χ2v) is 20.8. The zero-order chi connectivity index (χ0) is 45.2. The molecule has 1 aliphatic heterocycles. The molecule has 0 saturated heterocycles. The van der Waals surface area contributed by atoms with E-state index in [0.717, 1.165) is 54.9 Å². The van der Waals surface area contributed by atoms with Gasteiger partial charge in [-0.05, 0) is 84.6 Å². The summed E-state index contributed by atoms with van der Waals surface area (Å²) in [6, 6.07) is 53.1. The Morgan fingerprint density at radius 3 is 1.12 bits per heavy atom. The molecular formula is C54H42N6O4S2. The van der Waals surface area contributed by atoms with Crippen molar-refractivity contribution in [2.24, 2.45) is 0 Å². The Kier molecular flexibility index (Phi) is 10.3. The third kappa shape index (κ3) is 7.57. The van der Waals surface area contributed by atoms with Crippen LogP contribution in [-0.4, -0.2) is 45.4 Å². The Hall–Kier alpha value is -7.22. The average molecular weight is 903 g/mol. The van der Waals surface area contributed by atoms with Crippen LogP contribution in [0, 0.1) is 13.8 Å². The summed E-state index contributed by atoms with van der Waals surface area (Å²) in [6.45, 7) is 3.53. The summed E-state index contributed by atoms with van der Waals surface area (Å²) >= 11 is 0. The Bertz CT molecular complexity index is 3510. The van der Waals surface area contributed by atoms with E-state index >= 15 is 0 Å². The SMILES string of the molecule is Cc1ccc(S(=O)(=O)N2Cc3ccc4ccc5ccc(nc5c4n3)CN(S(=O)(=O)c3ccc(C)cc3)Cc3cc(-c4ccccc4)c4ccc5c(-c6ccccc6)cc(nc5c4n3)C2)cc1. The molecule has 5 heterocycles. The van der Waals surface area contributed by atoms with Crippen molar-refractivity contribution in [3.8, 4) is 22.3 Å². The van der Waals surface area contributed by atoms with Crippen LogP contribution in [0.5, 0.6) is 0 Å². The van der Waals surface area contributed by atoms with Gasteiger partial charge in [0, 0.05) is 21.5 Å². The highest BCUT2D eigenvalue weighted by atomic mass is 32.2. The lowest BCUT2D eigenvalue weighted by Crippen LogP contribution is -2.31. The van der Waals surface area contributed by atoms with Crippen LogP contribution >= 0.6 is 0 Å². The summed E-state index contributed by atoms with van der Waals surface area (Å²) in [4.78, 5) is 21.2. The molecule has 0 atom stereocenters. The van der Waals surface area contributed by atoms with Gasteiger partial charge in [-0.15, -0.1) is 0 Å². The van der Waals surface area contributed by atoms with Crippen molar-refractivity contribution in [2.45, 2.75) is 49.8 Å². The molecule has 0 aliphatic carbocycles. The molecule has 0 saturated carbocycles. The van der Waals surface area contributed by atoms with Gasteiger partial charge >= 0.3 is 0 Å². The minimum Gasteiger partial charge on any atom is -0.249 e. The predicted molar refractivity (Wildman–Crippen MR) is 260 cm³/mol. The van der Waals surface area contributed by atoms with E-state index in [1.807, 2.05) is 135 Å². The van der Waals surface area contributed by atoms with Gasteiger partial charge in [-0.1, -0.05) is 132 Å². The fourth-order valence-corrected chi connectivity index (χ4v) is 11.6. The highest BCUT2D eigenvalue weighted by Gasteiger charge is 2.30. The number of fused-ring (bicyclic) bond motifs is 4. The van der Waals surface area contributed by atoms with Crippen LogP contribution in [0.4, 0.5) is 0 Å². The molecule has 0 fully saturated rings. The number of sulfonamides is 2. The monoisotopic (exact) mass is 902 g/mol. The molecule has 10 nitrogen and oxygen atoms in total. The Morgan fingerprint density at radius 2 is 0.727 bits per heavy atom. The molecule has 8 bridgehead atoms. The number of hydrogen-bond acceptors (Lipinski definition) is 8. The van der Waals surface area contributed by atoms with Gasteiger partial charge < -0.3 is 0 Å². The van der Waals surface area contributed by atoms with Crippen LogP contribution in [0.2, 0.25) is 0 Å². The topological polar surface area (TPSA) is 126 Å². The Morgan fingerprint density at radius 1 is 0.379 bits per heavy atom. The number of nitrogens with zero attached hydrogens (tertiary/aromatic N) is 6. The van der Waals surface area contributed by atoms with E-state index in [1.165, 1.54) is 8.61 Å². The summed E-state index contributed by atoms with van der Waals surface area (Å²) in [5, 5.41) is 3.25. The van der Waals surface area contributed by atoms with E-state index in [4.69, 9.17) is 19.9 Å². The number of aryl methyl sites for hydroxylation is 2. The van der Waals surface area contributed by atoms with Crippen molar-refractivity contribution in [1.29, 1.82) is 0 Å². The second kappa shape index (κ2) is 16.3. The van der Waals surface area contributed by atoms with Gasteiger partial charge in [0.25, 0.3) is 0 Å². The van der Waals surface area contributed by atoms with Gasteiger partial charge in [0.05, 0.1) is 80.8 Å². The smallest absolute Gasteiger partial charge is 0.243 e. The zero-order valence-corrected chi connectivity index (χ0v) is 37.8. The van der Waals surface area contributed by atoms with E-state index < -0.39 is 20.0 Å². The van der Waals surface area contributed by atoms with E-state index in [0.29, 0.717) is 44.8 Å². The number of benzene rings is 6. The number of hydrogen-bond donors (Lipinski definition) is 0. The Balaban J connectivity index is 1.22. The third-order valence-electron chi connectivity index (χ3n) is 12.3. The quantitative estimate of drug-likeness (QED) is 0.151. The molecule has 11 rings (SSSR count). The van der Waals surface area contributed by atoms with Crippen molar-refractivity contribution in [1.82, 2.24) is 28.5 Å². The highest BCUT2D eigenvalue weighted by Crippen LogP contribution is 2.38. The lowest BCUT2D eigenvalue weighted by atomic mass is 9.95. The van der Waals surface area contributed by atoms with E-state index in [1.54, 1.807) is 48.5 Å². The van der Waals surface area contributed by atoms with Crippen LogP contribution in [-0.2, 0) is 46.2 Å². The number of pyridine rings is 4. The van der Waals surface area contributed by atoms with Crippen LogP contribution in [0.1, 0.15) is 33.9 Å². The van der Waals surface area contributed by atoms with Crippen LogP contribution in [0.25, 0.3) is 65.9 Å². The second-order valence-electron chi connectivity index (χ2n) is 16.9. The standard InChI is InChI=1S/C54H42N6O4S2/c1-35-13-23-45(24-14-35)65(61,62)59-31-41-21-19-39-17-18-40-20-22-42(56-52(40)51(39)55-41)32-60(66(63,64)46-25-15-36(2)16-26-46)34-44-30-50(38-11-7-4-8-12-38)48-28-27-47-49(37-9-5-3-6-10-37)29-43(33-59)57-53(47)54(48)58-44/h3-30H,31-34H2,1-2H3. The first-order valence-electron chi connectivity index (χ1n) is 21.7. The minimum absolute atomic E-state index is 0.0682. The Labute approximate surface area is 383 Å². The molecule has 0 N–H and O–H groups in total. The number of aromatic nitrogens is 4. The fourth-order valence-electron chi connectivity index (χ4n) is 8.87. The number of rotatable bonds is 6. The summed E-state index contributed by atoms with van der Waals surface area (Å²) in [5.74, 6) is 0. The van der Waals surface area contributed by atoms with Crippen LogP contribution in [0.3, 0.4) is 0 Å².